The van der Waals surface area contributed by atoms with Crippen LogP contribution >= 0.6 is 0 Å². The van der Waals surface area contributed by atoms with E-state index in [4.69, 9.17) is 9.47 Å². The Morgan fingerprint density at radius 2 is 1.95 bits per heavy atom. The minimum absolute atomic E-state index is 0.0956. The first-order valence-electron chi connectivity index (χ1n) is 5.86. The lowest BCUT2D eigenvalue weighted by molar-refractivity contribution is -0.385. The van der Waals surface area contributed by atoms with E-state index in [1.165, 1.54) is 12.1 Å². The smallest absolute Gasteiger partial charge is 0.339 e. The number of benzene rings is 2. The second kappa shape index (κ2) is 4.65. The van der Waals surface area contributed by atoms with Gasteiger partial charge in [0.1, 0.15) is 12.4 Å². The van der Waals surface area contributed by atoms with Gasteiger partial charge < -0.3 is 9.47 Å². The quantitative estimate of drug-likeness (QED) is 0.487. The summed E-state index contributed by atoms with van der Waals surface area (Å²) in [4.78, 5) is 21.9. The number of carbonyl (C=O) groups is 1. The Kier molecular flexibility index (Phi) is 2.83. The van der Waals surface area contributed by atoms with E-state index in [9.17, 15) is 14.9 Å². The van der Waals surface area contributed by atoms with Crippen molar-refractivity contribution in [2.24, 2.45) is 0 Å². The Morgan fingerprint density at radius 3 is 2.65 bits per heavy atom. The predicted molar refractivity (Wildman–Crippen MR) is 68.7 cm³/mol. The molecule has 0 bridgehead atoms. The molecule has 1 aliphatic heterocycles. The molecule has 0 unspecified atom stereocenters. The van der Waals surface area contributed by atoms with Crippen LogP contribution in [0, 0.1) is 10.1 Å². The molecule has 1 aliphatic rings. The average Bonchev–Trinajstić information content (AvgIpc) is 2.80. The van der Waals surface area contributed by atoms with Gasteiger partial charge >= 0.3 is 11.7 Å². The standard InChI is InChI=1S/C14H9NO5/c16-14-11-7-12(15(17)18)13(6-9(11)8-19-14)20-10-4-2-1-3-5-10/h1-7H,8H2. The normalized spacial score (nSPS) is 12.7. The predicted octanol–water partition coefficient (Wildman–Crippen LogP) is 3.06. The summed E-state index contributed by atoms with van der Waals surface area (Å²) in [5, 5.41) is 11.1. The Balaban J connectivity index is 2.06. The summed E-state index contributed by atoms with van der Waals surface area (Å²) in [6.45, 7) is 0.108. The van der Waals surface area contributed by atoms with E-state index in [-0.39, 0.29) is 23.6 Å². The number of hydrogen-bond donors (Lipinski definition) is 0. The minimum Gasteiger partial charge on any atom is -0.457 e. The van der Waals surface area contributed by atoms with Gasteiger partial charge in [0.05, 0.1) is 10.5 Å². The van der Waals surface area contributed by atoms with Crippen molar-refractivity contribution >= 4 is 11.7 Å². The summed E-state index contributed by atoms with van der Waals surface area (Å²) < 4.78 is 10.4. The molecule has 0 saturated carbocycles. The van der Waals surface area contributed by atoms with Crippen LogP contribution in [0.3, 0.4) is 0 Å². The summed E-state index contributed by atoms with van der Waals surface area (Å²) in [7, 11) is 0. The van der Waals surface area contributed by atoms with Gasteiger partial charge in [-0.15, -0.1) is 0 Å². The second-order valence-corrected chi connectivity index (χ2v) is 4.23. The van der Waals surface area contributed by atoms with Crippen molar-refractivity contribution in [2.45, 2.75) is 6.61 Å². The third-order valence-electron chi connectivity index (χ3n) is 2.93. The highest BCUT2D eigenvalue weighted by molar-refractivity contribution is 5.94. The SMILES string of the molecule is O=C1OCc2cc(Oc3ccccc3)c([N+](=O)[O-])cc21. The zero-order valence-electron chi connectivity index (χ0n) is 10.2. The summed E-state index contributed by atoms with van der Waals surface area (Å²) >= 11 is 0. The van der Waals surface area contributed by atoms with Crippen molar-refractivity contribution in [1.82, 2.24) is 0 Å². The monoisotopic (exact) mass is 271 g/mol. The molecule has 0 amide bonds. The molecule has 20 heavy (non-hydrogen) atoms. The van der Waals surface area contributed by atoms with Gasteiger partial charge in [-0.2, -0.15) is 0 Å². The van der Waals surface area contributed by atoms with Crippen molar-refractivity contribution < 1.29 is 19.2 Å². The summed E-state index contributed by atoms with van der Waals surface area (Å²) in [5.41, 5.74) is 0.551. The molecule has 0 spiro atoms. The number of nitrogens with zero attached hydrogens (tertiary/aromatic N) is 1. The molecule has 6 nitrogen and oxygen atoms in total. The maximum absolute atomic E-state index is 11.4. The zero-order valence-corrected chi connectivity index (χ0v) is 10.2. The highest BCUT2D eigenvalue weighted by Gasteiger charge is 2.28. The Labute approximate surface area is 113 Å². The van der Waals surface area contributed by atoms with Crippen LogP contribution in [-0.4, -0.2) is 10.9 Å². The van der Waals surface area contributed by atoms with Crippen LogP contribution in [0.15, 0.2) is 42.5 Å². The van der Waals surface area contributed by atoms with Gasteiger partial charge in [0.15, 0.2) is 0 Å². The fraction of sp³-hybridized carbons (Fsp3) is 0.0714. The molecule has 6 heteroatoms. The van der Waals surface area contributed by atoms with Gasteiger partial charge in [-0.05, 0) is 18.2 Å². The number of carbonyl (C=O) groups excluding carboxylic acids is 1. The second-order valence-electron chi connectivity index (χ2n) is 4.23. The molecular formula is C14H9NO5. The van der Waals surface area contributed by atoms with Crippen molar-refractivity contribution in [2.75, 3.05) is 0 Å². The maximum atomic E-state index is 11.4. The third kappa shape index (κ3) is 2.07. The number of hydrogen-bond acceptors (Lipinski definition) is 5. The molecule has 0 atom stereocenters. The largest absolute Gasteiger partial charge is 0.457 e. The third-order valence-corrected chi connectivity index (χ3v) is 2.93. The number of nitro benzene ring substituents is 1. The van der Waals surface area contributed by atoms with Crippen LogP contribution < -0.4 is 4.74 Å². The molecule has 1 heterocycles. The molecule has 0 radical (unpaired) electrons. The van der Waals surface area contributed by atoms with Gasteiger partial charge in [0, 0.05) is 11.6 Å². The first-order valence-corrected chi connectivity index (χ1v) is 5.86. The molecule has 2 aromatic rings. The molecule has 100 valence electrons. The Morgan fingerprint density at radius 1 is 1.20 bits per heavy atom. The van der Waals surface area contributed by atoms with Gasteiger partial charge in [0.25, 0.3) is 0 Å². The minimum atomic E-state index is -0.579. The molecule has 2 aromatic carbocycles. The van der Waals surface area contributed by atoms with Gasteiger partial charge in [0.2, 0.25) is 5.75 Å². The first-order chi connectivity index (χ1) is 9.65. The van der Waals surface area contributed by atoms with Crippen LogP contribution in [-0.2, 0) is 11.3 Å². The fourth-order valence-electron chi connectivity index (χ4n) is 1.98. The average molecular weight is 271 g/mol. The van der Waals surface area contributed by atoms with Crippen molar-refractivity contribution in [3.05, 3.63) is 63.7 Å². The van der Waals surface area contributed by atoms with E-state index in [1.807, 2.05) is 6.07 Å². The molecule has 0 aliphatic carbocycles. The number of esters is 1. The summed E-state index contributed by atoms with van der Waals surface area (Å²) in [5.74, 6) is 0.0356. The van der Waals surface area contributed by atoms with E-state index in [1.54, 1.807) is 24.3 Å². The van der Waals surface area contributed by atoms with Crippen LogP contribution in [0.1, 0.15) is 15.9 Å². The van der Waals surface area contributed by atoms with Crippen molar-refractivity contribution in [3.8, 4) is 11.5 Å². The number of rotatable bonds is 3. The molecule has 0 aromatic heterocycles. The van der Waals surface area contributed by atoms with E-state index in [0.29, 0.717) is 11.3 Å². The molecule has 3 rings (SSSR count). The Bertz CT molecular complexity index is 696. The Hall–Kier alpha value is -2.89. The highest BCUT2D eigenvalue weighted by atomic mass is 16.6. The molecule has 0 saturated heterocycles. The summed E-state index contributed by atoms with van der Waals surface area (Å²) in [6.07, 6.45) is 0. The van der Waals surface area contributed by atoms with Crippen LogP contribution in [0.4, 0.5) is 5.69 Å². The summed E-state index contributed by atoms with van der Waals surface area (Å²) in [6, 6.07) is 11.4. The van der Waals surface area contributed by atoms with E-state index in [2.05, 4.69) is 0 Å². The molecule has 0 fully saturated rings. The fourth-order valence-corrected chi connectivity index (χ4v) is 1.98. The number of ether oxygens (including phenoxy) is 2. The maximum Gasteiger partial charge on any atom is 0.339 e. The lowest BCUT2D eigenvalue weighted by Crippen LogP contribution is -1.98. The van der Waals surface area contributed by atoms with Gasteiger partial charge in [-0.3, -0.25) is 10.1 Å². The zero-order chi connectivity index (χ0) is 14.1. The van der Waals surface area contributed by atoms with Crippen molar-refractivity contribution in [3.63, 3.8) is 0 Å². The lowest BCUT2D eigenvalue weighted by Gasteiger charge is -2.07. The van der Waals surface area contributed by atoms with E-state index in [0.717, 1.165) is 0 Å². The van der Waals surface area contributed by atoms with Gasteiger partial charge in [-0.25, -0.2) is 4.79 Å². The van der Waals surface area contributed by atoms with Crippen molar-refractivity contribution in [1.29, 1.82) is 0 Å². The number of cyclic esters (lactones) is 1. The first kappa shape index (κ1) is 12.2. The van der Waals surface area contributed by atoms with Crippen LogP contribution in [0.2, 0.25) is 0 Å². The van der Waals surface area contributed by atoms with Crippen LogP contribution in [0.5, 0.6) is 11.5 Å². The topological polar surface area (TPSA) is 78.7 Å². The molecular weight excluding hydrogens is 262 g/mol. The van der Waals surface area contributed by atoms with E-state index < -0.39 is 10.9 Å². The highest BCUT2D eigenvalue weighted by Crippen LogP contribution is 2.36. The van der Waals surface area contributed by atoms with E-state index >= 15 is 0 Å². The molecule has 0 N–H and O–H groups in total. The number of para-hydroxylation sites is 1. The lowest BCUT2D eigenvalue weighted by atomic mass is 10.1. The van der Waals surface area contributed by atoms with Gasteiger partial charge in [-0.1, -0.05) is 18.2 Å². The number of nitro groups is 1. The van der Waals surface area contributed by atoms with Crippen LogP contribution in [0.25, 0.3) is 0 Å². The number of fused-ring (bicyclic) bond motifs is 1.